The van der Waals surface area contributed by atoms with Crippen LogP contribution >= 0.6 is 23.2 Å². The lowest BCUT2D eigenvalue weighted by molar-refractivity contribution is -0.121. The van der Waals surface area contributed by atoms with E-state index in [9.17, 15) is 9.90 Å². The molecule has 8 heteroatoms. The Bertz CT molecular complexity index is 1420. The van der Waals surface area contributed by atoms with E-state index in [4.69, 9.17) is 23.2 Å². The van der Waals surface area contributed by atoms with Crippen LogP contribution in [0.1, 0.15) is 55.0 Å². The highest BCUT2D eigenvalue weighted by Gasteiger charge is 2.37. The highest BCUT2D eigenvalue weighted by molar-refractivity contribution is 6.42. The SMILES string of the molecule is CC(=O)NC1(c2ccccc2)CCN(CCC(c2ccc(Cl)c(Cl)c2)C(O)c2ccnn2-c2ccccc2)CC1. The monoisotopic (exact) mass is 576 g/mol. The topological polar surface area (TPSA) is 70.4 Å². The number of rotatable bonds is 9. The van der Waals surface area contributed by atoms with Gasteiger partial charge in [-0.25, -0.2) is 4.68 Å². The van der Waals surface area contributed by atoms with Gasteiger partial charge in [-0.3, -0.25) is 4.79 Å². The number of aliphatic hydroxyl groups excluding tert-OH is 1. The van der Waals surface area contributed by atoms with E-state index in [1.165, 1.54) is 0 Å². The Labute approximate surface area is 245 Å². The third-order valence-corrected chi connectivity index (χ3v) is 8.68. The maximum absolute atomic E-state index is 12.1. The Morgan fingerprint density at radius 3 is 2.30 bits per heavy atom. The summed E-state index contributed by atoms with van der Waals surface area (Å²) in [6.07, 6.45) is 3.24. The first-order chi connectivity index (χ1) is 19.4. The van der Waals surface area contributed by atoms with E-state index in [2.05, 4.69) is 27.4 Å². The summed E-state index contributed by atoms with van der Waals surface area (Å²) in [5, 5.41) is 20.5. The van der Waals surface area contributed by atoms with Gasteiger partial charge in [0.25, 0.3) is 0 Å². The number of halogens is 2. The van der Waals surface area contributed by atoms with Crippen LogP contribution in [0.3, 0.4) is 0 Å². The summed E-state index contributed by atoms with van der Waals surface area (Å²) >= 11 is 12.7. The second-order valence-electron chi connectivity index (χ2n) is 10.5. The van der Waals surface area contributed by atoms with Crippen LogP contribution in [0.5, 0.6) is 0 Å². The van der Waals surface area contributed by atoms with E-state index in [-0.39, 0.29) is 17.4 Å². The van der Waals surface area contributed by atoms with Crippen LogP contribution < -0.4 is 5.32 Å². The molecule has 2 heterocycles. The van der Waals surface area contributed by atoms with Crippen LogP contribution in [-0.4, -0.2) is 45.3 Å². The molecule has 1 aliphatic heterocycles. The first kappa shape index (κ1) is 28.4. The normalized spacial score (nSPS) is 16.8. The molecular formula is C32H34Cl2N4O2. The van der Waals surface area contributed by atoms with Crippen LogP contribution in [0.15, 0.2) is 91.1 Å². The Morgan fingerprint density at radius 2 is 1.65 bits per heavy atom. The van der Waals surface area contributed by atoms with E-state index in [0.717, 1.165) is 55.0 Å². The fourth-order valence-electron chi connectivity index (χ4n) is 5.84. The van der Waals surface area contributed by atoms with Crippen molar-refractivity contribution in [1.29, 1.82) is 0 Å². The van der Waals surface area contributed by atoms with Gasteiger partial charge < -0.3 is 15.3 Å². The van der Waals surface area contributed by atoms with Gasteiger partial charge in [0.2, 0.25) is 5.91 Å². The minimum atomic E-state index is -0.812. The van der Waals surface area contributed by atoms with Crippen LogP contribution in [0.2, 0.25) is 10.0 Å². The molecule has 208 valence electrons. The van der Waals surface area contributed by atoms with Crippen molar-refractivity contribution in [2.24, 2.45) is 0 Å². The lowest BCUT2D eigenvalue weighted by atomic mass is 9.80. The van der Waals surface area contributed by atoms with E-state index in [0.29, 0.717) is 16.5 Å². The molecule has 1 amide bonds. The molecule has 1 fully saturated rings. The Morgan fingerprint density at radius 1 is 0.975 bits per heavy atom. The number of carbonyl (C=O) groups excluding carboxylic acids is 1. The molecule has 0 aliphatic carbocycles. The standard InChI is InChI=1S/C32H34Cl2N4O2/c1-23(39)36-32(25-8-4-2-5-9-25)16-20-37(21-17-32)19-15-27(24-12-13-28(33)29(34)22-24)31(40)30-14-18-35-38(30)26-10-6-3-7-11-26/h2-14,18,22,27,31,40H,15-17,19-21H2,1H3,(H,36,39). The summed E-state index contributed by atoms with van der Waals surface area (Å²) in [7, 11) is 0. The van der Waals surface area contributed by atoms with Crippen molar-refractivity contribution in [3.8, 4) is 5.69 Å². The zero-order chi connectivity index (χ0) is 28.1. The lowest BCUT2D eigenvalue weighted by Crippen LogP contribution is -2.52. The molecule has 40 heavy (non-hydrogen) atoms. The maximum Gasteiger partial charge on any atom is 0.217 e. The Hall–Kier alpha value is -3.16. The fraction of sp³-hybridized carbons (Fsp3) is 0.312. The molecule has 0 bridgehead atoms. The Balaban J connectivity index is 1.35. The van der Waals surface area contributed by atoms with E-state index in [1.54, 1.807) is 23.9 Å². The predicted molar refractivity (Wildman–Crippen MR) is 160 cm³/mol. The van der Waals surface area contributed by atoms with E-state index < -0.39 is 6.10 Å². The number of hydrogen-bond acceptors (Lipinski definition) is 4. The van der Waals surface area contributed by atoms with Gasteiger partial charge in [-0.2, -0.15) is 5.10 Å². The molecule has 2 unspecified atom stereocenters. The van der Waals surface area contributed by atoms with Gasteiger partial charge >= 0.3 is 0 Å². The maximum atomic E-state index is 12.1. The smallest absolute Gasteiger partial charge is 0.217 e. The number of piperidine rings is 1. The predicted octanol–water partition coefficient (Wildman–Crippen LogP) is 6.51. The number of nitrogens with zero attached hydrogens (tertiary/aromatic N) is 3. The summed E-state index contributed by atoms with van der Waals surface area (Å²) in [6.45, 7) is 4.04. The minimum absolute atomic E-state index is 0.0184. The van der Waals surface area contributed by atoms with Gasteiger partial charge in [-0.1, -0.05) is 77.8 Å². The number of aromatic nitrogens is 2. The summed E-state index contributed by atoms with van der Waals surface area (Å²) in [4.78, 5) is 14.5. The number of benzene rings is 3. The minimum Gasteiger partial charge on any atom is -0.386 e. The van der Waals surface area contributed by atoms with E-state index in [1.807, 2.05) is 66.7 Å². The lowest BCUT2D eigenvalue weighted by Gasteiger charge is -2.43. The average Bonchev–Trinajstić information content (AvgIpc) is 3.47. The number of likely N-dealkylation sites (tertiary alicyclic amines) is 1. The van der Waals surface area contributed by atoms with Crippen LogP contribution in [0.25, 0.3) is 5.69 Å². The van der Waals surface area contributed by atoms with E-state index >= 15 is 0 Å². The van der Waals surface area contributed by atoms with Crippen molar-refractivity contribution in [2.75, 3.05) is 19.6 Å². The van der Waals surface area contributed by atoms with Gasteiger partial charge in [-0.15, -0.1) is 0 Å². The molecule has 5 rings (SSSR count). The molecule has 1 aliphatic rings. The molecule has 6 nitrogen and oxygen atoms in total. The molecule has 0 radical (unpaired) electrons. The zero-order valence-electron chi connectivity index (χ0n) is 22.5. The van der Waals surface area contributed by atoms with Crippen molar-refractivity contribution in [3.63, 3.8) is 0 Å². The highest BCUT2D eigenvalue weighted by atomic mass is 35.5. The largest absolute Gasteiger partial charge is 0.386 e. The summed E-state index contributed by atoms with van der Waals surface area (Å²) in [5.41, 5.74) is 3.31. The van der Waals surface area contributed by atoms with Gasteiger partial charge in [-0.05, 0) is 67.3 Å². The van der Waals surface area contributed by atoms with Gasteiger partial charge in [0.15, 0.2) is 0 Å². The third kappa shape index (κ3) is 6.26. The number of aliphatic hydroxyl groups is 1. The molecule has 2 atom stereocenters. The van der Waals surface area contributed by atoms with Gasteiger partial charge in [0.1, 0.15) is 6.10 Å². The molecule has 1 aromatic heterocycles. The second kappa shape index (κ2) is 12.6. The molecule has 0 saturated carbocycles. The first-order valence-corrected chi connectivity index (χ1v) is 14.4. The number of hydrogen-bond donors (Lipinski definition) is 2. The number of carbonyl (C=O) groups is 1. The average molecular weight is 578 g/mol. The molecular weight excluding hydrogens is 543 g/mol. The van der Waals surface area contributed by atoms with Gasteiger partial charge in [0, 0.05) is 32.1 Å². The zero-order valence-corrected chi connectivity index (χ0v) is 24.0. The Kier molecular flexibility index (Phi) is 8.91. The van der Waals surface area contributed by atoms with Crippen LogP contribution in [0.4, 0.5) is 0 Å². The second-order valence-corrected chi connectivity index (χ2v) is 11.3. The summed E-state index contributed by atoms with van der Waals surface area (Å²) in [5.74, 6) is -0.250. The molecule has 1 saturated heterocycles. The van der Waals surface area contributed by atoms with Crippen LogP contribution in [-0.2, 0) is 10.3 Å². The quantitative estimate of drug-likeness (QED) is 0.238. The van der Waals surface area contributed by atoms with Crippen molar-refractivity contribution < 1.29 is 9.90 Å². The molecule has 0 spiro atoms. The first-order valence-electron chi connectivity index (χ1n) is 13.7. The highest BCUT2D eigenvalue weighted by Crippen LogP contribution is 2.38. The summed E-state index contributed by atoms with van der Waals surface area (Å²) in [6, 6.07) is 27.5. The van der Waals surface area contributed by atoms with Gasteiger partial charge in [0.05, 0.1) is 27.0 Å². The number of para-hydroxylation sites is 1. The third-order valence-electron chi connectivity index (χ3n) is 7.94. The van der Waals surface area contributed by atoms with Crippen molar-refractivity contribution >= 4 is 29.1 Å². The molecule has 3 aromatic carbocycles. The number of amides is 1. The summed E-state index contributed by atoms with van der Waals surface area (Å²) < 4.78 is 1.79. The van der Waals surface area contributed by atoms with Crippen LogP contribution in [0, 0.1) is 0 Å². The molecule has 2 N–H and O–H groups in total. The molecule has 4 aromatic rings. The fourth-order valence-corrected chi connectivity index (χ4v) is 6.14. The van der Waals surface area contributed by atoms with Crippen molar-refractivity contribution in [1.82, 2.24) is 20.0 Å². The van der Waals surface area contributed by atoms with Crippen molar-refractivity contribution in [2.45, 2.75) is 43.7 Å². The van der Waals surface area contributed by atoms with Crippen molar-refractivity contribution in [3.05, 3.63) is 118 Å². The number of nitrogens with one attached hydrogen (secondary N) is 1.